The summed E-state index contributed by atoms with van der Waals surface area (Å²) in [4.78, 5) is 81.8. The number of amides is 6. The number of benzene rings is 4. The smallest absolute Gasteiger partial charge is 0.412 e. The van der Waals surface area contributed by atoms with Crippen LogP contribution in [0.3, 0.4) is 0 Å². The normalized spacial score (nSPS) is 18.3. The lowest BCUT2D eigenvalue weighted by Gasteiger charge is -2.42. The first-order valence-electron chi connectivity index (χ1n) is 20.1. The molecule has 0 bridgehead atoms. The van der Waals surface area contributed by atoms with Gasteiger partial charge in [-0.25, -0.2) is 9.59 Å². The number of hydrogen-bond donors (Lipinski definition) is 4. The predicted octanol–water partition coefficient (Wildman–Crippen LogP) is 8.71. The van der Waals surface area contributed by atoms with Gasteiger partial charge in [-0.15, -0.1) is 0 Å². The Kier molecular flexibility index (Phi) is 11.4. The minimum Gasteiger partial charge on any atom is -0.444 e. The van der Waals surface area contributed by atoms with Gasteiger partial charge in [-0.2, -0.15) is 0 Å². The van der Waals surface area contributed by atoms with Crippen molar-refractivity contribution in [1.82, 2.24) is 9.80 Å². The molecule has 3 atom stereocenters. The van der Waals surface area contributed by atoms with Crippen LogP contribution in [0.5, 0.6) is 0 Å². The standard InChI is InChI=1S/C46H50N6O8/c1-45(2,3)59-43(57)48-28-14-11-13-27(25-28)47-38-34-21-20-29(49-44(58)60-46(4,5)6)26-37(34)50-36(19-12-23-51-39(53)30-15-7-8-16-31(30)40(51)54)35(38)22-24-52-41(55)32-17-9-10-18-33(32)42(52)56/h7-11,13-18,20-21,25-26,35-36,38,47,50H,12,19,22-24H2,1-6H3,(H,48,57)(H,49,58)/t35-,36-,38-/m0/s1. The summed E-state index contributed by atoms with van der Waals surface area (Å²) in [5.74, 6) is -1.67. The largest absolute Gasteiger partial charge is 0.444 e. The van der Waals surface area contributed by atoms with E-state index in [-0.39, 0.29) is 48.7 Å². The number of rotatable bonds is 11. The number of imide groups is 2. The molecule has 0 spiro atoms. The molecule has 0 radical (unpaired) electrons. The second-order valence-corrected chi connectivity index (χ2v) is 17.2. The fraction of sp³-hybridized carbons (Fsp3) is 0.348. The predicted molar refractivity (Wildman–Crippen MR) is 227 cm³/mol. The van der Waals surface area contributed by atoms with E-state index in [1.807, 2.05) is 18.2 Å². The third kappa shape index (κ3) is 9.12. The molecule has 6 amide bonds. The SMILES string of the molecule is CC(C)(C)OC(=O)Nc1cccc(N[C@H]2c3ccc(NC(=O)OC(C)(C)C)cc3N[C@@H](CCCN3C(=O)c4ccccc4C3=O)[C@@H]2CCN2C(=O)c3ccccc3C2=O)c1. The molecule has 4 aromatic rings. The summed E-state index contributed by atoms with van der Waals surface area (Å²) in [6, 6.07) is 25.5. The maximum absolute atomic E-state index is 13.5. The Bertz CT molecular complexity index is 2290. The van der Waals surface area contributed by atoms with E-state index in [4.69, 9.17) is 9.47 Å². The molecule has 3 heterocycles. The first-order chi connectivity index (χ1) is 28.5. The zero-order valence-corrected chi connectivity index (χ0v) is 34.6. The highest BCUT2D eigenvalue weighted by molar-refractivity contribution is 6.22. The van der Waals surface area contributed by atoms with E-state index in [1.54, 1.807) is 114 Å². The van der Waals surface area contributed by atoms with Crippen LogP contribution in [0.1, 0.15) is 114 Å². The molecule has 3 aliphatic heterocycles. The van der Waals surface area contributed by atoms with Gasteiger partial charge >= 0.3 is 12.2 Å². The van der Waals surface area contributed by atoms with Gasteiger partial charge in [0, 0.05) is 47.8 Å². The third-order valence-corrected chi connectivity index (χ3v) is 10.5. The number of hydrogen-bond acceptors (Lipinski definition) is 10. The van der Waals surface area contributed by atoms with Crippen molar-refractivity contribution in [3.63, 3.8) is 0 Å². The average molecular weight is 815 g/mol. The van der Waals surface area contributed by atoms with Crippen molar-refractivity contribution in [3.05, 3.63) is 119 Å². The monoisotopic (exact) mass is 814 g/mol. The Morgan fingerprint density at radius 1 is 0.600 bits per heavy atom. The van der Waals surface area contributed by atoms with Crippen LogP contribution >= 0.6 is 0 Å². The van der Waals surface area contributed by atoms with Crippen molar-refractivity contribution in [3.8, 4) is 0 Å². The first-order valence-corrected chi connectivity index (χ1v) is 20.1. The maximum atomic E-state index is 13.5. The molecule has 0 saturated heterocycles. The van der Waals surface area contributed by atoms with E-state index < -0.39 is 29.4 Å². The van der Waals surface area contributed by atoms with Crippen LogP contribution < -0.4 is 21.3 Å². The molecule has 4 aromatic carbocycles. The Hall–Kier alpha value is -6.70. The highest BCUT2D eigenvalue weighted by atomic mass is 16.6. The lowest BCUT2D eigenvalue weighted by molar-refractivity contribution is 0.0623. The number of nitrogens with zero attached hydrogens (tertiary/aromatic N) is 2. The minimum atomic E-state index is -0.713. The van der Waals surface area contributed by atoms with Gasteiger partial charge in [0.25, 0.3) is 23.6 Å². The van der Waals surface area contributed by atoms with Gasteiger partial charge in [-0.3, -0.25) is 39.6 Å². The summed E-state index contributed by atoms with van der Waals surface area (Å²) in [6.07, 6.45) is 0.0928. The zero-order valence-electron chi connectivity index (χ0n) is 34.6. The summed E-state index contributed by atoms with van der Waals surface area (Å²) in [7, 11) is 0. The topological polar surface area (TPSA) is 175 Å². The van der Waals surface area contributed by atoms with Gasteiger partial charge in [-0.1, -0.05) is 36.4 Å². The van der Waals surface area contributed by atoms with Crippen LogP contribution in [0.25, 0.3) is 0 Å². The molecule has 14 heteroatoms. The van der Waals surface area contributed by atoms with Crippen molar-refractivity contribution in [1.29, 1.82) is 0 Å². The van der Waals surface area contributed by atoms with Crippen LogP contribution in [0.2, 0.25) is 0 Å². The van der Waals surface area contributed by atoms with E-state index in [0.717, 1.165) is 5.56 Å². The van der Waals surface area contributed by atoms with Crippen LogP contribution in [0, 0.1) is 5.92 Å². The van der Waals surface area contributed by atoms with Crippen molar-refractivity contribution in [2.45, 2.75) is 84.1 Å². The number of anilines is 4. The van der Waals surface area contributed by atoms with E-state index in [1.165, 1.54) is 9.80 Å². The van der Waals surface area contributed by atoms with Gasteiger partial charge in [0.15, 0.2) is 0 Å². The molecule has 0 saturated carbocycles. The molecule has 0 aliphatic carbocycles. The second kappa shape index (κ2) is 16.5. The molecule has 4 N–H and O–H groups in total. The van der Waals surface area contributed by atoms with Crippen molar-refractivity contribution in [2.24, 2.45) is 5.92 Å². The number of ether oxygens (including phenoxy) is 2. The molecule has 3 aliphatic rings. The van der Waals surface area contributed by atoms with E-state index in [2.05, 4.69) is 21.3 Å². The van der Waals surface area contributed by atoms with Crippen molar-refractivity contribution in [2.75, 3.05) is 34.4 Å². The van der Waals surface area contributed by atoms with Crippen LogP contribution in [0.4, 0.5) is 32.3 Å². The highest BCUT2D eigenvalue weighted by Gasteiger charge is 2.41. The van der Waals surface area contributed by atoms with Gasteiger partial charge < -0.3 is 20.1 Å². The Morgan fingerprint density at radius 3 is 1.60 bits per heavy atom. The molecular formula is C46H50N6O8. The van der Waals surface area contributed by atoms with E-state index in [9.17, 15) is 28.8 Å². The summed E-state index contributed by atoms with van der Waals surface area (Å²) in [5, 5.41) is 13.0. The van der Waals surface area contributed by atoms with E-state index in [0.29, 0.717) is 64.3 Å². The quantitative estimate of drug-likeness (QED) is 0.107. The molecule has 0 fully saturated rings. The lowest BCUT2D eigenvalue weighted by atomic mass is 9.78. The zero-order chi connectivity index (χ0) is 42.9. The van der Waals surface area contributed by atoms with Gasteiger partial charge in [-0.05, 0) is 121 Å². The number of carbonyl (C=O) groups is 6. The summed E-state index contributed by atoms with van der Waals surface area (Å²) >= 11 is 0. The summed E-state index contributed by atoms with van der Waals surface area (Å²) < 4.78 is 11.0. The molecule has 7 rings (SSSR count). The van der Waals surface area contributed by atoms with E-state index >= 15 is 0 Å². The molecular weight excluding hydrogens is 765 g/mol. The number of carbonyl (C=O) groups excluding carboxylic acids is 6. The lowest BCUT2D eigenvalue weighted by Crippen LogP contribution is -2.44. The summed E-state index contributed by atoms with van der Waals surface area (Å²) in [5.41, 5.74) is 3.30. The summed E-state index contributed by atoms with van der Waals surface area (Å²) in [6.45, 7) is 11.0. The molecule has 0 aromatic heterocycles. The Balaban J connectivity index is 1.21. The van der Waals surface area contributed by atoms with Gasteiger partial charge in [0.1, 0.15) is 11.2 Å². The van der Waals surface area contributed by atoms with Gasteiger partial charge in [0.05, 0.1) is 28.3 Å². The van der Waals surface area contributed by atoms with Crippen LogP contribution in [0.15, 0.2) is 91.0 Å². The average Bonchev–Trinajstić information content (AvgIpc) is 3.56. The Morgan fingerprint density at radius 2 is 1.08 bits per heavy atom. The van der Waals surface area contributed by atoms with Crippen molar-refractivity contribution >= 4 is 58.6 Å². The highest BCUT2D eigenvalue weighted by Crippen LogP contribution is 2.44. The second-order valence-electron chi connectivity index (χ2n) is 17.2. The van der Waals surface area contributed by atoms with Crippen molar-refractivity contribution < 1.29 is 38.2 Å². The molecule has 0 unspecified atom stereocenters. The molecule has 312 valence electrons. The van der Waals surface area contributed by atoms with Crippen LogP contribution in [-0.2, 0) is 9.47 Å². The third-order valence-electron chi connectivity index (χ3n) is 10.5. The maximum Gasteiger partial charge on any atom is 0.412 e. The fourth-order valence-corrected chi connectivity index (χ4v) is 7.98. The molecule has 60 heavy (non-hydrogen) atoms. The van der Waals surface area contributed by atoms with Crippen LogP contribution in [-0.4, -0.2) is 75.9 Å². The number of nitrogens with one attached hydrogen (secondary N) is 4. The number of fused-ring (bicyclic) bond motifs is 3. The van der Waals surface area contributed by atoms with Gasteiger partial charge in [0.2, 0.25) is 0 Å². The minimum absolute atomic E-state index is 0.125. The first kappa shape index (κ1) is 41.5. The fourth-order valence-electron chi connectivity index (χ4n) is 7.98. The molecule has 14 nitrogen and oxygen atoms in total. The Labute approximate surface area is 349 Å².